The van der Waals surface area contributed by atoms with Gasteiger partial charge in [-0.25, -0.2) is 0 Å². The van der Waals surface area contributed by atoms with E-state index in [2.05, 4.69) is 13.8 Å². The Morgan fingerprint density at radius 3 is 1.67 bits per heavy atom. The van der Waals surface area contributed by atoms with Crippen molar-refractivity contribution in [3.63, 3.8) is 0 Å². The second-order valence-corrected chi connectivity index (χ2v) is 3.40. The normalized spacial score (nSPS) is 9.17. The second-order valence-electron chi connectivity index (χ2n) is 2.54. The lowest BCUT2D eigenvalue weighted by atomic mass is 10.4. The van der Waals surface area contributed by atoms with Crippen molar-refractivity contribution in [2.75, 3.05) is 13.2 Å². The summed E-state index contributed by atoms with van der Waals surface area (Å²) in [4.78, 5) is 0. The first-order valence-corrected chi connectivity index (χ1v) is 5.41. The van der Waals surface area contributed by atoms with Crippen LogP contribution in [0, 0.1) is 0 Å². The Hall–Kier alpha value is 0.382. The van der Waals surface area contributed by atoms with Crippen molar-refractivity contribution in [1.82, 2.24) is 0 Å². The quantitative estimate of drug-likeness (QED) is 0.435. The van der Waals surface area contributed by atoms with Crippen molar-refractivity contribution in [2.45, 2.75) is 39.5 Å². The Kier molecular flexibility index (Phi) is 17.3. The SMILES string of the molecule is CCCC[O][Al][O]CCCC.F. The zero-order chi connectivity index (χ0) is 8.36. The lowest BCUT2D eigenvalue weighted by Crippen LogP contribution is -2.06. The van der Waals surface area contributed by atoms with Crippen LogP contribution in [0.1, 0.15) is 39.5 Å². The van der Waals surface area contributed by atoms with E-state index in [1.54, 1.807) is 0 Å². The van der Waals surface area contributed by atoms with E-state index >= 15 is 0 Å². The van der Waals surface area contributed by atoms with Crippen LogP contribution in [0.2, 0.25) is 0 Å². The molecule has 0 spiro atoms. The molecule has 0 aromatic heterocycles. The molecule has 73 valence electrons. The van der Waals surface area contributed by atoms with E-state index in [-0.39, 0.29) is 20.6 Å². The lowest BCUT2D eigenvalue weighted by molar-refractivity contribution is 0.216. The van der Waals surface area contributed by atoms with E-state index in [4.69, 9.17) is 7.58 Å². The van der Waals surface area contributed by atoms with Gasteiger partial charge in [0, 0.05) is 13.2 Å². The summed E-state index contributed by atoms with van der Waals surface area (Å²) in [5.41, 5.74) is 0. The Labute approximate surface area is 81.4 Å². The largest absolute Gasteiger partial charge is 0.668 e. The van der Waals surface area contributed by atoms with Gasteiger partial charge in [-0.1, -0.05) is 26.7 Å². The molecule has 0 aliphatic carbocycles. The first-order chi connectivity index (χ1) is 5.41. The summed E-state index contributed by atoms with van der Waals surface area (Å²) in [6, 6.07) is 0. The molecular formula is C8H19AlFO2. The number of hydrogen-bond donors (Lipinski definition) is 0. The van der Waals surface area contributed by atoms with Crippen molar-refractivity contribution in [1.29, 1.82) is 0 Å². The molecule has 1 radical (unpaired) electrons. The monoisotopic (exact) mass is 193 g/mol. The zero-order valence-electron chi connectivity index (χ0n) is 8.04. The lowest BCUT2D eigenvalue weighted by Gasteiger charge is -2.02. The zero-order valence-corrected chi connectivity index (χ0v) is 9.20. The van der Waals surface area contributed by atoms with Crippen LogP contribution < -0.4 is 0 Å². The van der Waals surface area contributed by atoms with Gasteiger partial charge in [-0.3, -0.25) is 4.70 Å². The van der Waals surface area contributed by atoms with E-state index in [0.29, 0.717) is 0 Å². The Bertz CT molecular complexity index is 66.1. The summed E-state index contributed by atoms with van der Waals surface area (Å²) >= 11 is -0.189. The Morgan fingerprint density at radius 2 is 1.33 bits per heavy atom. The van der Waals surface area contributed by atoms with Gasteiger partial charge in [0.25, 0.3) is 0 Å². The van der Waals surface area contributed by atoms with Gasteiger partial charge in [0.2, 0.25) is 0 Å². The van der Waals surface area contributed by atoms with Crippen LogP contribution in [-0.4, -0.2) is 29.1 Å². The van der Waals surface area contributed by atoms with Crippen LogP contribution in [0.5, 0.6) is 0 Å². The van der Waals surface area contributed by atoms with Crippen LogP contribution in [-0.2, 0) is 7.58 Å². The Morgan fingerprint density at radius 1 is 0.917 bits per heavy atom. The summed E-state index contributed by atoms with van der Waals surface area (Å²) in [6.45, 7) is 6.07. The summed E-state index contributed by atoms with van der Waals surface area (Å²) in [5, 5.41) is 0. The predicted molar refractivity (Wildman–Crippen MR) is 50.0 cm³/mol. The molecule has 0 amide bonds. The number of hydrogen-bond acceptors (Lipinski definition) is 2. The third kappa shape index (κ3) is 13.0. The highest BCUT2D eigenvalue weighted by molar-refractivity contribution is 6.17. The highest BCUT2D eigenvalue weighted by Crippen LogP contribution is 1.89. The van der Waals surface area contributed by atoms with E-state index in [1.807, 2.05) is 0 Å². The standard InChI is InChI=1S/2C4H9O.Al.FH/c2*1-2-3-4-5;;/h2*2-4H2,1H3;;1H/q2*-1;+2;. The highest BCUT2D eigenvalue weighted by atomic mass is 27.2. The van der Waals surface area contributed by atoms with E-state index in [0.717, 1.165) is 26.1 Å². The first kappa shape index (κ1) is 14.9. The highest BCUT2D eigenvalue weighted by Gasteiger charge is 1.95. The molecule has 0 N–H and O–H groups in total. The summed E-state index contributed by atoms with van der Waals surface area (Å²) in [6.07, 6.45) is 4.72. The van der Waals surface area contributed by atoms with Gasteiger partial charge >= 0.3 is 15.9 Å². The van der Waals surface area contributed by atoms with Crippen LogP contribution in [0.3, 0.4) is 0 Å². The molecule has 0 aromatic carbocycles. The third-order valence-corrected chi connectivity index (χ3v) is 2.11. The van der Waals surface area contributed by atoms with Crippen molar-refractivity contribution >= 4 is 15.9 Å². The molecule has 0 unspecified atom stereocenters. The molecule has 12 heavy (non-hydrogen) atoms. The van der Waals surface area contributed by atoms with Crippen LogP contribution in [0.25, 0.3) is 0 Å². The van der Waals surface area contributed by atoms with Gasteiger partial charge in [-0.15, -0.1) is 0 Å². The van der Waals surface area contributed by atoms with Gasteiger partial charge in [-0.05, 0) is 12.8 Å². The van der Waals surface area contributed by atoms with Gasteiger partial charge in [0.15, 0.2) is 0 Å². The number of rotatable bonds is 8. The molecule has 0 saturated carbocycles. The third-order valence-electron chi connectivity index (χ3n) is 1.37. The van der Waals surface area contributed by atoms with E-state index in [9.17, 15) is 0 Å². The van der Waals surface area contributed by atoms with Crippen molar-refractivity contribution in [3.05, 3.63) is 0 Å². The summed E-state index contributed by atoms with van der Waals surface area (Å²) < 4.78 is 10.6. The molecule has 0 heterocycles. The van der Waals surface area contributed by atoms with Crippen molar-refractivity contribution in [2.24, 2.45) is 0 Å². The fraction of sp³-hybridized carbons (Fsp3) is 1.00. The number of unbranched alkanes of at least 4 members (excludes halogenated alkanes) is 2. The maximum Gasteiger partial charge on any atom is 0.668 e. The average molecular weight is 193 g/mol. The van der Waals surface area contributed by atoms with Crippen LogP contribution in [0.4, 0.5) is 4.70 Å². The number of halogens is 1. The maximum absolute atomic E-state index is 5.28. The van der Waals surface area contributed by atoms with Crippen LogP contribution >= 0.6 is 0 Å². The Balaban J connectivity index is 0. The van der Waals surface area contributed by atoms with E-state index in [1.165, 1.54) is 12.8 Å². The van der Waals surface area contributed by atoms with Gasteiger partial charge in [-0.2, -0.15) is 0 Å². The molecule has 0 rings (SSSR count). The smallest absolute Gasteiger partial charge is 0.484 e. The molecular weight excluding hydrogens is 174 g/mol. The first-order valence-electron chi connectivity index (χ1n) is 4.46. The summed E-state index contributed by atoms with van der Waals surface area (Å²) in [5.74, 6) is 0. The molecule has 0 atom stereocenters. The van der Waals surface area contributed by atoms with Gasteiger partial charge in [0.05, 0.1) is 0 Å². The molecule has 2 nitrogen and oxygen atoms in total. The molecule has 0 fully saturated rings. The topological polar surface area (TPSA) is 18.5 Å². The maximum atomic E-state index is 5.28. The fourth-order valence-corrected chi connectivity index (χ4v) is 1.22. The van der Waals surface area contributed by atoms with E-state index < -0.39 is 0 Å². The minimum Gasteiger partial charge on any atom is -0.484 e. The van der Waals surface area contributed by atoms with Gasteiger partial charge in [0.1, 0.15) is 0 Å². The molecule has 0 bridgehead atoms. The fourth-order valence-electron chi connectivity index (χ4n) is 0.600. The van der Waals surface area contributed by atoms with Gasteiger partial charge < -0.3 is 7.58 Å². The summed E-state index contributed by atoms with van der Waals surface area (Å²) in [7, 11) is 0. The average Bonchev–Trinajstić information content (AvgIpc) is 2.03. The van der Waals surface area contributed by atoms with Crippen molar-refractivity contribution in [3.8, 4) is 0 Å². The molecule has 0 aliphatic rings. The second kappa shape index (κ2) is 13.9. The van der Waals surface area contributed by atoms with Crippen molar-refractivity contribution < 1.29 is 12.3 Å². The van der Waals surface area contributed by atoms with Crippen LogP contribution in [0.15, 0.2) is 0 Å². The molecule has 0 saturated heterocycles. The molecule has 4 heteroatoms. The minimum absolute atomic E-state index is 0. The minimum atomic E-state index is -0.189. The molecule has 0 aromatic rings. The predicted octanol–water partition coefficient (Wildman–Crippen LogP) is 2.31. The molecule has 0 aliphatic heterocycles.